The third-order valence-electron chi connectivity index (χ3n) is 2.79. The van der Waals surface area contributed by atoms with Crippen LogP contribution in [0.15, 0.2) is 48.5 Å². The van der Waals surface area contributed by atoms with Gasteiger partial charge in [-0.05, 0) is 11.6 Å². The maximum atomic E-state index is 11.5. The van der Waals surface area contributed by atoms with Crippen LogP contribution >= 0.6 is 0 Å². The van der Waals surface area contributed by atoms with Crippen LogP contribution in [0, 0.1) is 10.1 Å². The van der Waals surface area contributed by atoms with Crippen LogP contribution in [-0.4, -0.2) is 10.8 Å². The topological polar surface area (TPSA) is 107 Å². The number of amides is 1. The SMILES string of the molecule is NNC(=O)c1ccc([N+](=O)[O-])c(OCc2ccccc2)c1. The fraction of sp³-hybridized carbons (Fsp3) is 0.0714. The van der Waals surface area contributed by atoms with Gasteiger partial charge in [-0.1, -0.05) is 30.3 Å². The summed E-state index contributed by atoms with van der Waals surface area (Å²) in [5.74, 6) is 4.51. The maximum Gasteiger partial charge on any atom is 0.310 e. The van der Waals surface area contributed by atoms with Crippen molar-refractivity contribution in [3.05, 3.63) is 69.8 Å². The molecule has 0 unspecified atom stereocenters. The average molecular weight is 287 g/mol. The summed E-state index contributed by atoms with van der Waals surface area (Å²) < 4.78 is 5.46. The second-order valence-electron chi connectivity index (χ2n) is 4.19. The number of nitrogens with zero attached hydrogens (tertiary/aromatic N) is 1. The number of hydrogen-bond donors (Lipinski definition) is 2. The van der Waals surface area contributed by atoms with Crippen LogP contribution < -0.4 is 16.0 Å². The molecular formula is C14H13N3O4. The van der Waals surface area contributed by atoms with Gasteiger partial charge in [0.15, 0.2) is 5.75 Å². The molecule has 7 nitrogen and oxygen atoms in total. The Balaban J connectivity index is 2.26. The van der Waals surface area contributed by atoms with Crippen molar-refractivity contribution < 1.29 is 14.5 Å². The zero-order valence-corrected chi connectivity index (χ0v) is 11.0. The van der Waals surface area contributed by atoms with Crippen molar-refractivity contribution in [2.24, 2.45) is 5.84 Å². The molecule has 21 heavy (non-hydrogen) atoms. The number of nitrogen functional groups attached to an aromatic ring is 1. The van der Waals surface area contributed by atoms with Crippen molar-refractivity contribution in [1.29, 1.82) is 0 Å². The highest BCUT2D eigenvalue weighted by Gasteiger charge is 2.18. The van der Waals surface area contributed by atoms with Gasteiger partial charge in [-0.25, -0.2) is 5.84 Å². The van der Waals surface area contributed by atoms with E-state index in [1.807, 2.05) is 35.8 Å². The van der Waals surface area contributed by atoms with Crippen molar-refractivity contribution >= 4 is 11.6 Å². The molecule has 3 N–H and O–H groups in total. The van der Waals surface area contributed by atoms with Gasteiger partial charge in [0.25, 0.3) is 5.91 Å². The first-order valence-electron chi connectivity index (χ1n) is 6.08. The summed E-state index contributed by atoms with van der Waals surface area (Å²) in [6, 6.07) is 13.0. The van der Waals surface area contributed by atoms with Gasteiger partial charge in [0, 0.05) is 17.7 Å². The predicted molar refractivity (Wildman–Crippen MR) is 75.5 cm³/mol. The van der Waals surface area contributed by atoms with E-state index in [-0.39, 0.29) is 23.6 Å². The van der Waals surface area contributed by atoms with E-state index in [0.29, 0.717) is 0 Å². The number of hydrogen-bond acceptors (Lipinski definition) is 5. The molecule has 2 aromatic carbocycles. The molecule has 7 heteroatoms. The maximum absolute atomic E-state index is 11.5. The lowest BCUT2D eigenvalue weighted by molar-refractivity contribution is -0.385. The standard InChI is InChI=1S/C14H13N3O4/c15-16-14(18)11-6-7-12(17(19)20)13(8-11)21-9-10-4-2-1-3-5-10/h1-8H,9,15H2,(H,16,18). The molecular weight excluding hydrogens is 274 g/mol. The molecule has 0 spiro atoms. The zero-order valence-electron chi connectivity index (χ0n) is 11.0. The molecule has 0 heterocycles. The molecule has 1 amide bonds. The summed E-state index contributed by atoms with van der Waals surface area (Å²) in [6.45, 7) is 0.162. The van der Waals surface area contributed by atoms with E-state index in [1.165, 1.54) is 18.2 Å². The monoisotopic (exact) mass is 287 g/mol. The Labute approximate surface area is 120 Å². The Hall–Kier alpha value is -2.93. The van der Waals surface area contributed by atoms with Crippen LogP contribution in [0.2, 0.25) is 0 Å². The molecule has 0 saturated carbocycles. The molecule has 0 atom stereocenters. The van der Waals surface area contributed by atoms with E-state index < -0.39 is 10.8 Å². The molecule has 0 aromatic heterocycles. The van der Waals surface area contributed by atoms with Crippen molar-refractivity contribution in [3.8, 4) is 5.75 Å². The summed E-state index contributed by atoms with van der Waals surface area (Å²) in [5, 5.41) is 11.0. The van der Waals surface area contributed by atoms with Crippen LogP contribution in [0.25, 0.3) is 0 Å². The van der Waals surface area contributed by atoms with Gasteiger partial charge in [0.2, 0.25) is 0 Å². The number of benzene rings is 2. The molecule has 0 aliphatic carbocycles. The summed E-state index contributed by atoms with van der Waals surface area (Å²) >= 11 is 0. The van der Waals surface area contributed by atoms with Gasteiger partial charge in [0.1, 0.15) is 6.61 Å². The Morgan fingerprint density at radius 3 is 2.57 bits per heavy atom. The van der Waals surface area contributed by atoms with E-state index in [1.54, 1.807) is 0 Å². The van der Waals surface area contributed by atoms with E-state index in [4.69, 9.17) is 10.6 Å². The van der Waals surface area contributed by atoms with Crippen LogP contribution in [0.5, 0.6) is 5.75 Å². The number of hydrazine groups is 1. The molecule has 2 aromatic rings. The molecule has 0 aliphatic heterocycles. The van der Waals surface area contributed by atoms with Crippen molar-refractivity contribution in [1.82, 2.24) is 5.43 Å². The second kappa shape index (κ2) is 6.49. The van der Waals surface area contributed by atoms with Crippen LogP contribution in [0.4, 0.5) is 5.69 Å². The average Bonchev–Trinajstić information content (AvgIpc) is 2.52. The number of nitro groups is 1. The normalized spacial score (nSPS) is 9.95. The number of carbonyl (C=O) groups is 1. The van der Waals surface area contributed by atoms with Gasteiger partial charge in [-0.3, -0.25) is 20.3 Å². The van der Waals surface area contributed by atoms with Gasteiger partial charge >= 0.3 is 5.69 Å². The fourth-order valence-corrected chi connectivity index (χ4v) is 1.74. The minimum Gasteiger partial charge on any atom is -0.482 e. The Morgan fingerprint density at radius 2 is 1.95 bits per heavy atom. The molecule has 0 radical (unpaired) electrons. The molecule has 108 valence electrons. The number of nitrogens with one attached hydrogen (secondary N) is 1. The fourth-order valence-electron chi connectivity index (χ4n) is 1.74. The van der Waals surface area contributed by atoms with Gasteiger partial charge in [-0.2, -0.15) is 0 Å². The highest BCUT2D eigenvalue weighted by atomic mass is 16.6. The number of nitro benzene ring substituents is 1. The minimum atomic E-state index is -0.565. The van der Waals surface area contributed by atoms with Crippen molar-refractivity contribution in [2.45, 2.75) is 6.61 Å². The van der Waals surface area contributed by atoms with Crippen LogP contribution in [-0.2, 0) is 6.61 Å². The van der Waals surface area contributed by atoms with Crippen LogP contribution in [0.3, 0.4) is 0 Å². The molecule has 2 rings (SSSR count). The first kappa shape index (κ1) is 14.5. The summed E-state index contributed by atoms with van der Waals surface area (Å²) in [7, 11) is 0. The quantitative estimate of drug-likeness (QED) is 0.377. The Morgan fingerprint density at radius 1 is 1.24 bits per heavy atom. The smallest absolute Gasteiger partial charge is 0.310 e. The molecule has 0 saturated heterocycles. The Bertz CT molecular complexity index is 659. The zero-order chi connectivity index (χ0) is 15.2. The Kier molecular flexibility index (Phi) is 4.47. The largest absolute Gasteiger partial charge is 0.482 e. The van der Waals surface area contributed by atoms with Crippen molar-refractivity contribution in [3.63, 3.8) is 0 Å². The van der Waals surface area contributed by atoms with Gasteiger partial charge in [0.05, 0.1) is 4.92 Å². The third-order valence-corrected chi connectivity index (χ3v) is 2.79. The number of carbonyl (C=O) groups excluding carboxylic acids is 1. The lowest BCUT2D eigenvalue weighted by Crippen LogP contribution is -2.29. The summed E-state index contributed by atoms with van der Waals surface area (Å²) in [4.78, 5) is 21.9. The van der Waals surface area contributed by atoms with Crippen molar-refractivity contribution in [2.75, 3.05) is 0 Å². The predicted octanol–water partition coefficient (Wildman–Crippen LogP) is 1.78. The van der Waals surface area contributed by atoms with Crippen LogP contribution in [0.1, 0.15) is 15.9 Å². The minimum absolute atomic E-state index is 0.0185. The molecule has 0 fully saturated rings. The second-order valence-corrected chi connectivity index (χ2v) is 4.19. The number of rotatable bonds is 5. The highest BCUT2D eigenvalue weighted by molar-refractivity contribution is 5.94. The van der Waals surface area contributed by atoms with E-state index in [9.17, 15) is 14.9 Å². The van der Waals surface area contributed by atoms with Gasteiger partial charge < -0.3 is 4.74 Å². The lowest BCUT2D eigenvalue weighted by atomic mass is 10.2. The van der Waals surface area contributed by atoms with E-state index >= 15 is 0 Å². The number of nitrogens with two attached hydrogens (primary N) is 1. The molecule has 0 aliphatic rings. The highest BCUT2D eigenvalue weighted by Crippen LogP contribution is 2.28. The first-order valence-corrected chi connectivity index (χ1v) is 6.08. The molecule has 0 bridgehead atoms. The lowest BCUT2D eigenvalue weighted by Gasteiger charge is -2.08. The summed E-state index contributed by atoms with van der Waals surface area (Å²) in [5.41, 5.74) is 2.81. The van der Waals surface area contributed by atoms with E-state index in [2.05, 4.69) is 0 Å². The van der Waals surface area contributed by atoms with E-state index in [0.717, 1.165) is 5.56 Å². The summed E-state index contributed by atoms with van der Waals surface area (Å²) in [6.07, 6.45) is 0. The first-order chi connectivity index (χ1) is 10.1. The van der Waals surface area contributed by atoms with Gasteiger partial charge in [-0.15, -0.1) is 0 Å². The third kappa shape index (κ3) is 3.54. The number of ether oxygens (including phenoxy) is 1.